The van der Waals surface area contributed by atoms with Crippen molar-refractivity contribution < 1.29 is 4.79 Å². The van der Waals surface area contributed by atoms with E-state index in [0.717, 1.165) is 28.8 Å². The van der Waals surface area contributed by atoms with Gasteiger partial charge in [-0.25, -0.2) is 0 Å². The Kier molecular flexibility index (Phi) is 3.87. The summed E-state index contributed by atoms with van der Waals surface area (Å²) in [6.07, 6.45) is 1.63. The molecule has 1 aromatic rings. The van der Waals surface area contributed by atoms with Gasteiger partial charge in [-0.3, -0.25) is 4.79 Å². The molecule has 0 bridgehead atoms. The first-order chi connectivity index (χ1) is 7.27. The van der Waals surface area contributed by atoms with Crippen LogP contribution in [0, 0.1) is 5.92 Å². The highest BCUT2D eigenvalue weighted by Crippen LogP contribution is 2.26. The molecule has 0 amide bonds. The third-order valence-electron chi connectivity index (χ3n) is 2.69. The van der Waals surface area contributed by atoms with Gasteiger partial charge in [-0.05, 0) is 18.1 Å². The van der Waals surface area contributed by atoms with Crippen LogP contribution in [0.25, 0.3) is 0 Å². The van der Waals surface area contributed by atoms with Crippen LogP contribution in [0.3, 0.4) is 0 Å². The molecule has 0 aromatic heterocycles. The minimum absolute atomic E-state index is 0.224. The maximum Gasteiger partial charge on any atom is 0.137 e. The molecule has 1 unspecified atom stereocenters. The highest BCUT2D eigenvalue weighted by molar-refractivity contribution is 9.10. The lowest BCUT2D eigenvalue weighted by atomic mass is 9.95. The molecule has 1 atom stereocenters. The van der Waals surface area contributed by atoms with Gasteiger partial charge >= 0.3 is 0 Å². The molecule has 3 heteroatoms. The Morgan fingerprint density at radius 1 is 1.40 bits per heavy atom. The molecule has 0 aliphatic carbocycles. The van der Waals surface area contributed by atoms with Gasteiger partial charge in [0.1, 0.15) is 5.78 Å². The molecule has 0 saturated carbocycles. The van der Waals surface area contributed by atoms with Crippen LogP contribution in [0.15, 0.2) is 28.7 Å². The summed E-state index contributed by atoms with van der Waals surface area (Å²) in [5.41, 5.74) is 1.25. The van der Waals surface area contributed by atoms with Crippen LogP contribution in [0.5, 0.6) is 0 Å². The lowest BCUT2D eigenvalue weighted by Gasteiger charge is -2.20. The molecular formula is C12H13BrOS. The van der Waals surface area contributed by atoms with Crippen molar-refractivity contribution in [3.8, 4) is 0 Å². The van der Waals surface area contributed by atoms with E-state index in [9.17, 15) is 4.79 Å². The number of hydrogen-bond donors (Lipinski definition) is 0. The SMILES string of the molecule is O=C1CCSCC1Cc1ccccc1Br. The summed E-state index contributed by atoms with van der Waals surface area (Å²) in [5, 5.41) is 0. The van der Waals surface area contributed by atoms with Gasteiger partial charge in [0.05, 0.1) is 0 Å². The van der Waals surface area contributed by atoms with Crippen LogP contribution in [0.1, 0.15) is 12.0 Å². The molecule has 1 aliphatic heterocycles. The molecule has 0 radical (unpaired) electrons. The van der Waals surface area contributed by atoms with E-state index in [1.165, 1.54) is 5.56 Å². The number of benzene rings is 1. The monoisotopic (exact) mass is 284 g/mol. The Bertz CT molecular complexity index is 364. The van der Waals surface area contributed by atoms with Crippen molar-refractivity contribution in [2.24, 2.45) is 5.92 Å². The fourth-order valence-corrected chi connectivity index (χ4v) is 3.34. The van der Waals surface area contributed by atoms with Gasteiger partial charge in [0.15, 0.2) is 0 Å². The molecule has 1 heterocycles. The molecule has 1 aromatic carbocycles. The highest BCUT2D eigenvalue weighted by Gasteiger charge is 2.23. The molecule has 1 saturated heterocycles. The zero-order valence-electron chi connectivity index (χ0n) is 8.41. The van der Waals surface area contributed by atoms with E-state index >= 15 is 0 Å². The van der Waals surface area contributed by atoms with Crippen LogP contribution in [-0.4, -0.2) is 17.3 Å². The number of carbonyl (C=O) groups is 1. The largest absolute Gasteiger partial charge is 0.299 e. The minimum Gasteiger partial charge on any atom is -0.299 e. The van der Waals surface area contributed by atoms with Gasteiger partial charge in [0, 0.05) is 28.3 Å². The second-order valence-electron chi connectivity index (χ2n) is 3.78. The number of rotatable bonds is 2. The zero-order valence-corrected chi connectivity index (χ0v) is 10.8. The highest BCUT2D eigenvalue weighted by atomic mass is 79.9. The number of ketones is 1. The molecule has 15 heavy (non-hydrogen) atoms. The topological polar surface area (TPSA) is 17.1 Å². The van der Waals surface area contributed by atoms with Gasteiger partial charge in [-0.2, -0.15) is 11.8 Å². The van der Waals surface area contributed by atoms with Gasteiger partial charge in [0.25, 0.3) is 0 Å². The molecule has 1 fully saturated rings. The third kappa shape index (κ3) is 2.85. The zero-order chi connectivity index (χ0) is 10.7. The van der Waals surface area contributed by atoms with E-state index in [0.29, 0.717) is 5.78 Å². The second-order valence-corrected chi connectivity index (χ2v) is 5.79. The van der Waals surface area contributed by atoms with Crippen molar-refractivity contribution in [3.05, 3.63) is 34.3 Å². The van der Waals surface area contributed by atoms with Gasteiger partial charge in [-0.15, -0.1) is 0 Å². The van der Waals surface area contributed by atoms with E-state index < -0.39 is 0 Å². The number of hydrogen-bond acceptors (Lipinski definition) is 2. The van der Waals surface area contributed by atoms with E-state index in [1.54, 1.807) is 0 Å². The van der Waals surface area contributed by atoms with E-state index in [1.807, 2.05) is 30.0 Å². The summed E-state index contributed by atoms with van der Waals surface area (Å²) in [6.45, 7) is 0. The summed E-state index contributed by atoms with van der Waals surface area (Å²) in [6, 6.07) is 8.16. The summed E-state index contributed by atoms with van der Waals surface area (Å²) >= 11 is 5.42. The van der Waals surface area contributed by atoms with Crippen LogP contribution in [0.2, 0.25) is 0 Å². The van der Waals surface area contributed by atoms with Crippen LogP contribution in [0.4, 0.5) is 0 Å². The number of thioether (sulfide) groups is 1. The third-order valence-corrected chi connectivity index (χ3v) is 4.60. The van der Waals surface area contributed by atoms with Crippen molar-refractivity contribution >= 4 is 33.5 Å². The fourth-order valence-electron chi connectivity index (χ4n) is 1.80. The van der Waals surface area contributed by atoms with Gasteiger partial charge < -0.3 is 0 Å². The van der Waals surface area contributed by atoms with Gasteiger partial charge in [0.2, 0.25) is 0 Å². The average molecular weight is 285 g/mol. The quantitative estimate of drug-likeness (QED) is 0.829. The first kappa shape index (κ1) is 11.2. The van der Waals surface area contributed by atoms with Crippen molar-refractivity contribution in [2.75, 3.05) is 11.5 Å². The predicted molar refractivity (Wildman–Crippen MR) is 68.3 cm³/mol. The lowest BCUT2D eigenvalue weighted by molar-refractivity contribution is -0.122. The van der Waals surface area contributed by atoms with E-state index in [4.69, 9.17) is 0 Å². The predicted octanol–water partition coefficient (Wildman–Crippen LogP) is 3.31. The standard InChI is InChI=1S/C12H13BrOS/c13-11-4-2-1-3-9(11)7-10-8-15-6-5-12(10)14/h1-4,10H,5-8H2. The molecule has 0 N–H and O–H groups in total. The Morgan fingerprint density at radius 2 is 2.20 bits per heavy atom. The maximum absolute atomic E-state index is 11.7. The van der Waals surface area contributed by atoms with Gasteiger partial charge in [-0.1, -0.05) is 34.1 Å². The smallest absolute Gasteiger partial charge is 0.137 e. The number of Topliss-reactive ketones (excluding diaryl/α,β-unsaturated/α-hetero) is 1. The Morgan fingerprint density at radius 3 is 2.93 bits per heavy atom. The summed E-state index contributed by atoms with van der Waals surface area (Å²) in [7, 11) is 0. The molecule has 1 nitrogen and oxygen atoms in total. The van der Waals surface area contributed by atoms with Crippen molar-refractivity contribution in [3.63, 3.8) is 0 Å². The molecule has 0 spiro atoms. The summed E-state index contributed by atoms with van der Waals surface area (Å²) < 4.78 is 1.12. The van der Waals surface area contributed by atoms with Crippen LogP contribution >= 0.6 is 27.7 Å². The number of carbonyl (C=O) groups excluding carboxylic acids is 1. The first-order valence-electron chi connectivity index (χ1n) is 5.11. The normalized spacial score (nSPS) is 21.7. The molecule has 1 aliphatic rings. The summed E-state index contributed by atoms with van der Waals surface area (Å²) in [5.74, 6) is 2.65. The van der Waals surface area contributed by atoms with Crippen molar-refractivity contribution in [1.82, 2.24) is 0 Å². The van der Waals surface area contributed by atoms with Crippen molar-refractivity contribution in [1.29, 1.82) is 0 Å². The average Bonchev–Trinajstić information content (AvgIpc) is 2.24. The Balaban J connectivity index is 2.08. The van der Waals surface area contributed by atoms with Crippen LogP contribution in [-0.2, 0) is 11.2 Å². The molecule has 80 valence electrons. The minimum atomic E-state index is 0.224. The second kappa shape index (κ2) is 5.17. The lowest BCUT2D eigenvalue weighted by Crippen LogP contribution is -2.24. The van der Waals surface area contributed by atoms with E-state index in [2.05, 4.69) is 22.0 Å². The Labute approximate surface area is 103 Å². The number of halogens is 1. The maximum atomic E-state index is 11.7. The Hall–Kier alpha value is -0.280. The van der Waals surface area contributed by atoms with Crippen molar-refractivity contribution in [2.45, 2.75) is 12.8 Å². The van der Waals surface area contributed by atoms with E-state index in [-0.39, 0.29) is 5.92 Å². The molecular weight excluding hydrogens is 272 g/mol. The fraction of sp³-hybridized carbons (Fsp3) is 0.417. The first-order valence-corrected chi connectivity index (χ1v) is 7.06. The van der Waals surface area contributed by atoms with Crippen LogP contribution < -0.4 is 0 Å². The summed E-state index contributed by atoms with van der Waals surface area (Å²) in [4.78, 5) is 11.7. The molecule has 2 rings (SSSR count).